The normalized spacial score (nSPS) is 45.7. The van der Waals surface area contributed by atoms with E-state index in [1.807, 2.05) is 0 Å². The molecule has 0 spiro atoms. The van der Waals surface area contributed by atoms with Crippen molar-refractivity contribution in [1.29, 1.82) is 0 Å². The average molecular weight is 430 g/mol. The standard InChI is InChI=1S/C28H47NO2/c1-17(2)29-21-11-13-27(5)20(15-21)16-25(31)26-23-10-9-22(18(3)7-8-19(4)30)28(23,6)14-12-24(26)27/h17-18,20-24,26,29-30H,4,7-16H2,1-3,5-6H3/t18-,20+,21?,22-,23+,24+,26+,27+,28-/m1/s1. The van der Waals surface area contributed by atoms with Gasteiger partial charge in [-0.15, -0.1) is 0 Å². The smallest absolute Gasteiger partial charge is 0.136 e. The number of rotatable bonds is 6. The molecule has 0 aromatic heterocycles. The van der Waals surface area contributed by atoms with Crippen molar-refractivity contribution in [3.8, 4) is 0 Å². The number of carbonyl (C=O) groups is 1. The molecule has 176 valence electrons. The second kappa shape index (κ2) is 8.50. The van der Waals surface area contributed by atoms with Crippen LogP contribution < -0.4 is 5.32 Å². The Morgan fingerprint density at radius 2 is 1.77 bits per heavy atom. The minimum Gasteiger partial charge on any atom is -0.513 e. The minimum absolute atomic E-state index is 0.298. The monoisotopic (exact) mass is 429 g/mol. The van der Waals surface area contributed by atoms with Gasteiger partial charge in [0.25, 0.3) is 0 Å². The molecule has 4 aliphatic rings. The first-order valence-corrected chi connectivity index (χ1v) is 13.2. The van der Waals surface area contributed by atoms with E-state index in [2.05, 4.69) is 46.5 Å². The summed E-state index contributed by atoms with van der Waals surface area (Å²) in [6, 6.07) is 1.12. The van der Waals surface area contributed by atoms with Crippen molar-refractivity contribution in [2.75, 3.05) is 0 Å². The van der Waals surface area contributed by atoms with Gasteiger partial charge in [0.05, 0.1) is 5.76 Å². The number of ketones is 1. The van der Waals surface area contributed by atoms with Crippen molar-refractivity contribution in [2.24, 2.45) is 46.3 Å². The highest BCUT2D eigenvalue weighted by Gasteiger charge is 2.63. The van der Waals surface area contributed by atoms with Crippen LogP contribution in [0, 0.1) is 46.3 Å². The van der Waals surface area contributed by atoms with E-state index in [9.17, 15) is 9.90 Å². The fourth-order valence-corrected chi connectivity index (χ4v) is 9.13. The molecule has 31 heavy (non-hydrogen) atoms. The van der Waals surface area contributed by atoms with Crippen molar-refractivity contribution < 1.29 is 9.90 Å². The number of fused-ring (bicyclic) bond motifs is 5. The van der Waals surface area contributed by atoms with Crippen LogP contribution in [0.15, 0.2) is 12.3 Å². The number of Topliss-reactive ketones (excluding diaryl/α,β-unsaturated/α-hetero) is 1. The topological polar surface area (TPSA) is 49.3 Å². The Morgan fingerprint density at radius 3 is 2.45 bits per heavy atom. The maximum absolute atomic E-state index is 13.7. The van der Waals surface area contributed by atoms with Crippen LogP contribution in [0.5, 0.6) is 0 Å². The van der Waals surface area contributed by atoms with E-state index in [0.29, 0.717) is 76.4 Å². The molecule has 4 rings (SSSR count). The lowest BCUT2D eigenvalue weighted by molar-refractivity contribution is -0.157. The average Bonchev–Trinajstić information content (AvgIpc) is 3.04. The number of allylic oxidation sites excluding steroid dienone is 1. The third kappa shape index (κ3) is 4.02. The Morgan fingerprint density at radius 1 is 1.10 bits per heavy atom. The van der Waals surface area contributed by atoms with Crippen LogP contribution in [0.1, 0.15) is 98.8 Å². The Bertz CT molecular complexity index is 701. The zero-order chi connectivity index (χ0) is 22.6. The Kier molecular flexibility index (Phi) is 6.40. The Balaban J connectivity index is 1.52. The van der Waals surface area contributed by atoms with Gasteiger partial charge in [-0.05, 0) is 91.8 Å². The predicted molar refractivity (Wildman–Crippen MR) is 128 cm³/mol. The first-order valence-electron chi connectivity index (χ1n) is 13.2. The largest absolute Gasteiger partial charge is 0.513 e. The molecule has 0 saturated heterocycles. The number of hydrogen-bond donors (Lipinski definition) is 2. The Hall–Kier alpha value is -0.830. The van der Waals surface area contributed by atoms with Gasteiger partial charge < -0.3 is 10.4 Å². The van der Waals surface area contributed by atoms with E-state index in [4.69, 9.17) is 0 Å². The lowest BCUT2D eigenvalue weighted by Gasteiger charge is -2.60. The molecule has 0 amide bonds. The van der Waals surface area contributed by atoms with Crippen LogP contribution in [-0.2, 0) is 4.79 Å². The highest BCUT2D eigenvalue weighted by Crippen LogP contribution is 2.67. The van der Waals surface area contributed by atoms with Crippen LogP contribution in [0.25, 0.3) is 0 Å². The fourth-order valence-electron chi connectivity index (χ4n) is 9.13. The number of aliphatic hydroxyl groups is 1. The van der Waals surface area contributed by atoms with Gasteiger partial charge in [0.15, 0.2) is 0 Å². The summed E-state index contributed by atoms with van der Waals surface area (Å²) < 4.78 is 0. The van der Waals surface area contributed by atoms with E-state index in [0.717, 1.165) is 12.8 Å². The van der Waals surface area contributed by atoms with E-state index in [-0.39, 0.29) is 0 Å². The van der Waals surface area contributed by atoms with Crippen molar-refractivity contribution in [2.45, 2.75) is 111 Å². The Labute approximate surface area is 190 Å². The van der Waals surface area contributed by atoms with E-state index in [1.165, 1.54) is 44.9 Å². The van der Waals surface area contributed by atoms with E-state index >= 15 is 0 Å². The highest BCUT2D eigenvalue weighted by atomic mass is 16.3. The minimum atomic E-state index is 0.298. The molecule has 0 aromatic carbocycles. The molecule has 3 nitrogen and oxygen atoms in total. The van der Waals surface area contributed by atoms with Crippen molar-refractivity contribution in [3.05, 3.63) is 12.3 Å². The molecular weight excluding hydrogens is 382 g/mol. The van der Waals surface area contributed by atoms with Gasteiger partial charge >= 0.3 is 0 Å². The van der Waals surface area contributed by atoms with Crippen LogP contribution in [0.2, 0.25) is 0 Å². The third-order valence-electron chi connectivity index (χ3n) is 10.7. The van der Waals surface area contributed by atoms with E-state index in [1.54, 1.807) is 0 Å². The quantitative estimate of drug-likeness (QED) is 0.463. The van der Waals surface area contributed by atoms with Gasteiger partial charge in [0, 0.05) is 30.8 Å². The number of nitrogens with one attached hydrogen (secondary N) is 1. The summed E-state index contributed by atoms with van der Waals surface area (Å²) in [4.78, 5) is 13.7. The van der Waals surface area contributed by atoms with Gasteiger partial charge in [-0.3, -0.25) is 4.79 Å². The first kappa shape index (κ1) is 23.3. The summed E-state index contributed by atoms with van der Waals surface area (Å²) in [5.74, 6) is 4.25. The molecule has 4 aliphatic carbocycles. The summed E-state index contributed by atoms with van der Waals surface area (Å²) in [7, 11) is 0. The van der Waals surface area contributed by atoms with Gasteiger partial charge in [-0.1, -0.05) is 41.2 Å². The summed E-state index contributed by atoms with van der Waals surface area (Å²) in [6.07, 6.45) is 11.3. The van der Waals surface area contributed by atoms with E-state index < -0.39 is 0 Å². The molecule has 0 aromatic rings. The molecule has 1 unspecified atom stereocenters. The zero-order valence-electron chi connectivity index (χ0n) is 20.8. The van der Waals surface area contributed by atoms with Gasteiger partial charge in [0.2, 0.25) is 0 Å². The van der Waals surface area contributed by atoms with Gasteiger partial charge in [0.1, 0.15) is 5.78 Å². The summed E-state index contributed by atoms with van der Waals surface area (Å²) in [5.41, 5.74) is 0.653. The molecule has 0 heterocycles. The van der Waals surface area contributed by atoms with Gasteiger partial charge in [-0.2, -0.15) is 0 Å². The fraction of sp³-hybridized carbons (Fsp3) is 0.893. The molecule has 4 fully saturated rings. The van der Waals surface area contributed by atoms with Crippen LogP contribution in [0.3, 0.4) is 0 Å². The first-order chi connectivity index (χ1) is 14.6. The molecular formula is C28H47NO2. The third-order valence-corrected chi connectivity index (χ3v) is 10.7. The maximum Gasteiger partial charge on any atom is 0.136 e. The highest BCUT2D eigenvalue weighted by molar-refractivity contribution is 5.83. The summed E-state index contributed by atoms with van der Waals surface area (Å²) in [5, 5.41) is 13.4. The zero-order valence-corrected chi connectivity index (χ0v) is 20.8. The SMILES string of the molecule is C=C(O)CC[C@@H](C)[C@H]1CC[C@H]2[C@@H]3C(=O)C[C@@H]4CC(NC(C)C)CC[C@]4(C)[C@H]3CC[C@]12C. The number of carbonyl (C=O) groups excluding carboxylic acids is 1. The summed E-state index contributed by atoms with van der Waals surface area (Å²) >= 11 is 0. The molecule has 0 bridgehead atoms. The molecule has 0 aliphatic heterocycles. The second-order valence-corrected chi connectivity index (χ2v) is 12.7. The second-order valence-electron chi connectivity index (χ2n) is 12.7. The summed E-state index contributed by atoms with van der Waals surface area (Å²) in [6.45, 7) is 15.6. The van der Waals surface area contributed by atoms with Crippen molar-refractivity contribution in [3.63, 3.8) is 0 Å². The molecule has 0 radical (unpaired) electrons. The number of hydrogen-bond acceptors (Lipinski definition) is 3. The van der Waals surface area contributed by atoms with Crippen molar-refractivity contribution in [1.82, 2.24) is 5.32 Å². The molecule has 2 N–H and O–H groups in total. The lowest BCUT2D eigenvalue weighted by Crippen LogP contribution is -2.58. The van der Waals surface area contributed by atoms with Crippen molar-refractivity contribution >= 4 is 5.78 Å². The van der Waals surface area contributed by atoms with Crippen LogP contribution in [-0.4, -0.2) is 23.0 Å². The number of aliphatic hydroxyl groups excluding tert-OH is 1. The van der Waals surface area contributed by atoms with Gasteiger partial charge in [-0.25, -0.2) is 0 Å². The predicted octanol–water partition coefficient (Wildman–Crippen LogP) is 6.68. The lowest BCUT2D eigenvalue weighted by atomic mass is 9.44. The van der Waals surface area contributed by atoms with Crippen LogP contribution in [0.4, 0.5) is 0 Å². The molecule has 3 heteroatoms. The molecule has 4 saturated carbocycles. The maximum atomic E-state index is 13.7. The van der Waals surface area contributed by atoms with Crippen LogP contribution >= 0.6 is 0 Å². The molecule has 9 atom stereocenters.